The standard InChI is InChI=1S/C18H26N4OS2/c1-7-13-10-8-9-12(4)14(13)19-17-20-21-18(25-17)24-15(11(2)3)16(23)22(5)6/h8-11,15H,7H2,1-6H3,(H,19,20). The summed E-state index contributed by atoms with van der Waals surface area (Å²) in [5, 5.41) is 12.5. The molecule has 25 heavy (non-hydrogen) atoms. The van der Waals surface area contributed by atoms with Gasteiger partial charge in [-0.1, -0.05) is 62.1 Å². The van der Waals surface area contributed by atoms with Gasteiger partial charge in [-0.25, -0.2) is 0 Å². The number of anilines is 2. The Labute approximate surface area is 158 Å². The molecule has 0 saturated heterocycles. The lowest BCUT2D eigenvalue weighted by atomic mass is 10.1. The highest BCUT2D eigenvalue weighted by molar-refractivity contribution is 8.02. The van der Waals surface area contributed by atoms with E-state index < -0.39 is 0 Å². The maximum absolute atomic E-state index is 12.4. The van der Waals surface area contributed by atoms with Gasteiger partial charge in [0.2, 0.25) is 11.0 Å². The second-order valence-electron chi connectivity index (χ2n) is 6.48. The predicted molar refractivity (Wildman–Crippen MR) is 107 cm³/mol. The minimum Gasteiger partial charge on any atom is -0.348 e. The van der Waals surface area contributed by atoms with Crippen molar-refractivity contribution in [2.24, 2.45) is 5.92 Å². The van der Waals surface area contributed by atoms with E-state index in [0.29, 0.717) is 0 Å². The molecule has 0 aliphatic heterocycles. The maximum atomic E-state index is 12.4. The summed E-state index contributed by atoms with van der Waals surface area (Å²) in [6.45, 7) is 8.34. The van der Waals surface area contributed by atoms with Gasteiger partial charge in [-0.3, -0.25) is 4.79 Å². The van der Waals surface area contributed by atoms with E-state index in [1.807, 2.05) is 0 Å². The molecule has 0 saturated carbocycles. The van der Waals surface area contributed by atoms with Crippen LogP contribution in [0.4, 0.5) is 10.8 Å². The largest absolute Gasteiger partial charge is 0.348 e. The summed E-state index contributed by atoms with van der Waals surface area (Å²) in [6, 6.07) is 6.28. The van der Waals surface area contributed by atoms with Crippen molar-refractivity contribution in [3.8, 4) is 0 Å². The van der Waals surface area contributed by atoms with Gasteiger partial charge in [0.05, 0.1) is 5.25 Å². The average Bonchev–Trinajstić information content (AvgIpc) is 3.00. The number of thioether (sulfide) groups is 1. The molecule has 0 spiro atoms. The molecule has 136 valence electrons. The fourth-order valence-corrected chi connectivity index (χ4v) is 4.56. The number of nitrogens with one attached hydrogen (secondary N) is 1. The van der Waals surface area contributed by atoms with E-state index in [4.69, 9.17) is 0 Å². The monoisotopic (exact) mass is 378 g/mol. The maximum Gasteiger partial charge on any atom is 0.235 e. The molecule has 1 aromatic carbocycles. The van der Waals surface area contributed by atoms with E-state index in [-0.39, 0.29) is 17.1 Å². The van der Waals surface area contributed by atoms with Gasteiger partial charge in [-0.05, 0) is 30.4 Å². The van der Waals surface area contributed by atoms with Crippen LogP contribution in [-0.4, -0.2) is 40.3 Å². The summed E-state index contributed by atoms with van der Waals surface area (Å²) < 4.78 is 0.808. The van der Waals surface area contributed by atoms with Crippen molar-refractivity contribution in [1.82, 2.24) is 15.1 Å². The number of amides is 1. The molecule has 5 nitrogen and oxygen atoms in total. The van der Waals surface area contributed by atoms with Gasteiger partial charge in [0, 0.05) is 19.8 Å². The number of aromatic nitrogens is 2. The Hall–Kier alpha value is -1.60. The summed E-state index contributed by atoms with van der Waals surface area (Å²) >= 11 is 2.98. The molecular weight excluding hydrogens is 352 g/mol. The fraction of sp³-hybridized carbons (Fsp3) is 0.500. The van der Waals surface area contributed by atoms with Gasteiger partial charge in [0.25, 0.3) is 0 Å². The lowest BCUT2D eigenvalue weighted by Gasteiger charge is -2.21. The number of hydrogen-bond acceptors (Lipinski definition) is 6. The first kappa shape index (κ1) is 19.7. The fourth-order valence-electron chi connectivity index (χ4n) is 2.45. The highest BCUT2D eigenvalue weighted by Crippen LogP contribution is 2.35. The highest BCUT2D eigenvalue weighted by atomic mass is 32.2. The van der Waals surface area contributed by atoms with E-state index in [2.05, 4.69) is 61.4 Å². The van der Waals surface area contributed by atoms with Crippen LogP contribution >= 0.6 is 23.1 Å². The Bertz CT molecular complexity index is 728. The van der Waals surface area contributed by atoms with Crippen LogP contribution in [0.25, 0.3) is 0 Å². The van der Waals surface area contributed by atoms with Crippen molar-refractivity contribution in [1.29, 1.82) is 0 Å². The van der Waals surface area contributed by atoms with Crippen molar-refractivity contribution in [2.45, 2.75) is 43.7 Å². The van der Waals surface area contributed by atoms with Gasteiger partial charge in [-0.15, -0.1) is 10.2 Å². The van der Waals surface area contributed by atoms with Crippen molar-refractivity contribution in [3.63, 3.8) is 0 Å². The molecule has 0 aliphatic rings. The van der Waals surface area contributed by atoms with E-state index in [9.17, 15) is 4.79 Å². The molecule has 0 radical (unpaired) electrons. The first-order valence-electron chi connectivity index (χ1n) is 8.40. The van der Waals surface area contributed by atoms with Crippen LogP contribution in [0.3, 0.4) is 0 Å². The molecule has 1 atom stereocenters. The van der Waals surface area contributed by atoms with Crippen LogP contribution < -0.4 is 5.32 Å². The first-order chi connectivity index (χ1) is 11.8. The van der Waals surface area contributed by atoms with Gasteiger partial charge in [0.15, 0.2) is 4.34 Å². The minimum atomic E-state index is -0.152. The number of nitrogens with zero attached hydrogens (tertiary/aromatic N) is 3. The normalized spacial score (nSPS) is 12.3. The molecular formula is C18H26N4OS2. The topological polar surface area (TPSA) is 58.1 Å². The first-order valence-corrected chi connectivity index (χ1v) is 10.1. The predicted octanol–water partition coefficient (Wildman–Crippen LogP) is 4.36. The third kappa shape index (κ3) is 4.95. The molecule has 1 amide bonds. The number of aryl methyl sites for hydroxylation is 2. The number of carbonyl (C=O) groups excluding carboxylic acids is 1. The van der Waals surface area contributed by atoms with Gasteiger partial charge in [0.1, 0.15) is 0 Å². The number of para-hydroxylation sites is 1. The second kappa shape index (κ2) is 8.67. The molecule has 7 heteroatoms. The van der Waals surface area contributed by atoms with E-state index in [0.717, 1.165) is 21.6 Å². The molecule has 1 heterocycles. The van der Waals surface area contributed by atoms with Crippen LogP contribution in [0.2, 0.25) is 0 Å². The van der Waals surface area contributed by atoms with Crippen molar-refractivity contribution in [2.75, 3.05) is 19.4 Å². The molecule has 1 unspecified atom stereocenters. The zero-order valence-electron chi connectivity index (χ0n) is 15.7. The Morgan fingerprint density at radius 2 is 2.04 bits per heavy atom. The Morgan fingerprint density at radius 1 is 1.32 bits per heavy atom. The molecule has 1 aromatic heterocycles. The molecule has 0 bridgehead atoms. The Balaban J connectivity index is 2.16. The van der Waals surface area contributed by atoms with E-state index in [1.54, 1.807) is 19.0 Å². The summed E-state index contributed by atoms with van der Waals surface area (Å²) in [5.41, 5.74) is 3.54. The van der Waals surface area contributed by atoms with Crippen LogP contribution in [0.1, 0.15) is 31.9 Å². The second-order valence-corrected chi connectivity index (χ2v) is 8.84. The quantitative estimate of drug-likeness (QED) is 0.726. The van der Waals surface area contributed by atoms with Crippen molar-refractivity contribution < 1.29 is 4.79 Å². The number of hydrogen-bond donors (Lipinski definition) is 1. The minimum absolute atomic E-state index is 0.108. The number of rotatable bonds is 7. The molecule has 0 aliphatic carbocycles. The zero-order valence-corrected chi connectivity index (χ0v) is 17.3. The van der Waals surface area contributed by atoms with Gasteiger partial charge < -0.3 is 10.2 Å². The SMILES string of the molecule is CCc1cccc(C)c1Nc1nnc(SC(C(=O)N(C)C)C(C)C)s1. The Kier molecular flexibility index (Phi) is 6.84. The molecule has 1 N–H and O–H groups in total. The van der Waals surface area contributed by atoms with Crippen LogP contribution in [0.15, 0.2) is 22.5 Å². The summed E-state index contributed by atoms with van der Waals surface area (Å²) in [6.07, 6.45) is 0.956. The third-order valence-corrected chi connectivity index (χ3v) is 6.35. The lowest BCUT2D eigenvalue weighted by Crippen LogP contribution is -2.34. The highest BCUT2D eigenvalue weighted by Gasteiger charge is 2.26. The third-order valence-electron chi connectivity index (χ3n) is 3.90. The summed E-state index contributed by atoms with van der Waals surface area (Å²) in [4.78, 5) is 14.0. The summed E-state index contributed by atoms with van der Waals surface area (Å²) in [7, 11) is 3.58. The lowest BCUT2D eigenvalue weighted by molar-refractivity contribution is -0.128. The summed E-state index contributed by atoms with van der Waals surface area (Å²) in [5.74, 6) is 0.333. The van der Waals surface area contributed by atoms with Crippen molar-refractivity contribution in [3.05, 3.63) is 29.3 Å². The van der Waals surface area contributed by atoms with Crippen LogP contribution in [0, 0.1) is 12.8 Å². The molecule has 0 fully saturated rings. The van der Waals surface area contributed by atoms with Crippen LogP contribution in [-0.2, 0) is 11.2 Å². The van der Waals surface area contributed by atoms with E-state index in [1.165, 1.54) is 34.2 Å². The number of benzene rings is 1. The smallest absolute Gasteiger partial charge is 0.235 e. The van der Waals surface area contributed by atoms with Gasteiger partial charge >= 0.3 is 0 Å². The number of carbonyl (C=O) groups is 1. The average molecular weight is 379 g/mol. The molecule has 2 aromatic rings. The van der Waals surface area contributed by atoms with Gasteiger partial charge in [-0.2, -0.15) is 0 Å². The van der Waals surface area contributed by atoms with E-state index >= 15 is 0 Å². The van der Waals surface area contributed by atoms with Crippen molar-refractivity contribution >= 4 is 39.8 Å². The Morgan fingerprint density at radius 3 is 2.64 bits per heavy atom. The van der Waals surface area contributed by atoms with Crippen LogP contribution in [0.5, 0.6) is 0 Å². The molecule has 2 rings (SSSR count). The zero-order chi connectivity index (χ0) is 18.6.